The molecule has 0 fully saturated rings. The van der Waals surface area contributed by atoms with Crippen molar-refractivity contribution in [3.05, 3.63) is 59.8 Å². The molecule has 2 amide bonds. The molecule has 1 aliphatic heterocycles. The Kier molecular flexibility index (Phi) is 8.86. The molecular formula is C25H28F2N4O3S. The molecular weight excluding hydrogens is 474 g/mol. The predicted molar refractivity (Wildman–Crippen MR) is 137 cm³/mol. The van der Waals surface area contributed by atoms with E-state index in [0.717, 1.165) is 23.0 Å². The molecule has 35 heavy (non-hydrogen) atoms. The van der Waals surface area contributed by atoms with Crippen LogP contribution in [0.5, 0.6) is 5.75 Å². The van der Waals surface area contributed by atoms with Gasteiger partial charge in [0.1, 0.15) is 11.4 Å². The Morgan fingerprint density at radius 3 is 2.37 bits per heavy atom. The average Bonchev–Trinajstić information content (AvgIpc) is 3.11. The first kappa shape index (κ1) is 26.2. The Labute approximate surface area is 207 Å². The Balaban J connectivity index is 1.86. The van der Waals surface area contributed by atoms with Gasteiger partial charge in [0.15, 0.2) is 5.17 Å². The van der Waals surface area contributed by atoms with Crippen molar-refractivity contribution in [2.75, 3.05) is 36.2 Å². The van der Waals surface area contributed by atoms with Crippen molar-refractivity contribution in [2.24, 2.45) is 10.9 Å². The lowest BCUT2D eigenvalue weighted by atomic mass is 10.1. The summed E-state index contributed by atoms with van der Waals surface area (Å²) in [6, 6.07) is 13.3. The van der Waals surface area contributed by atoms with Crippen molar-refractivity contribution in [2.45, 2.75) is 20.5 Å². The van der Waals surface area contributed by atoms with E-state index < -0.39 is 6.61 Å². The van der Waals surface area contributed by atoms with Crippen LogP contribution in [0.4, 0.5) is 20.2 Å². The van der Waals surface area contributed by atoms with Crippen LogP contribution in [-0.2, 0) is 9.59 Å². The molecule has 0 saturated heterocycles. The van der Waals surface area contributed by atoms with Crippen molar-refractivity contribution in [3.8, 4) is 5.75 Å². The molecule has 186 valence electrons. The summed E-state index contributed by atoms with van der Waals surface area (Å²) in [5, 5.41) is 3.17. The second-order valence-corrected chi connectivity index (χ2v) is 9.35. The number of alkyl halides is 2. The zero-order chi connectivity index (χ0) is 25.5. The number of carbonyl (C=O) groups excluding carboxylic acids is 2. The number of benzene rings is 2. The number of amidine groups is 1. The van der Waals surface area contributed by atoms with Crippen molar-refractivity contribution in [1.82, 2.24) is 5.32 Å². The van der Waals surface area contributed by atoms with Gasteiger partial charge in [-0.15, -0.1) is 0 Å². The molecule has 0 bridgehead atoms. The van der Waals surface area contributed by atoms with Gasteiger partial charge in [0.25, 0.3) is 5.91 Å². The van der Waals surface area contributed by atoms with Gasteiger partial charge in [0, 0.05) is 26.3 Å². The summed E-state index contributed by atoms with van der Waals surface area (Å²) in [5.41, 5.74) is 2.45. The van der Waals surface area contributed by atoms with E-state index in [1.165, 1.54) is 29.2 Å². The lowest BCUT2D eigenvalue weighted by Gasteiger charge is -2.18. The zero-order valence-electron chi connectivity index (χ0n) is 20.0. The molecule has 2 aromatic rings. The largest absolute Gasteiger partial charge is 0.435 e. The minimum Gasteiger partial charge on any atom is -0.435 e. The van der Waals surface area contributed by atoms with E-state index >= 15 is 0 Å². The molecule has 0 radical (unpaired) electrons. The molecule has 0 atom stereocenters. The van der Waals surface area contributed by atoms with Crippen LogP contribution in [0.15, 0.2) is 59.2 Å². The van der Waals surface area contributed by atoms with Gasteiger partial charge in [-0.2, -0.15) is 8.78 Å². The third kappa shape index (κ3) is 7.29. The van der Waals surface area contributed by atoms with Crippen LogP contribution in [0.3, 0.4) is 0 Å². The monoisotopic (exact) mass is 502 g/mol. The number of aliphatic imine (C=N–C) groups is 1. The van der Waals surface area contributed by atoms with E-state index in [9.17, 15) is 18.4 Å². The number of nitrogens with zero attached hydrogens (tertiary/aromatic N) is 3. The minimum atomic E-state index is -2.94. The van der Waals surface area contributed by atoms with Gasteiger partial charge in [-0.25, -0.2) is 4.99 Å². The molecule has 3 rings (SSSR count). The van der Waals surface area contributed by atoms with Gasteiger partial charge in [-0.1, -0.05) is 37.7 Å². The normalized spacial score (nSPS) is 14.6. The van der Waals surface area contributed by atoms with Gasteiger partial charge >= 0.3 is 6.61 Å². The fourth-order valence-electron chi connectivity index (χ4n) is 3.12. The maximum absolute atomic E-state index is 13.3. The van der Waals surface area contributed by atoms with Crippen LogP contribution in [0, 0.1) is 5.92 Å². The highest BCUT2D eigenvalue weighted by atomic mass is 32.2. The molecule has 0 aromatic heterocycles. The summed E-state index contributed by atoms with van der Waals surface area (Å²) in [6.07, 6.45) is 1.68. The van der Waals surface area contributed by atoms with Crippen LogP contribution in [0.2, 0.25) is 0 Å². The van der Waals surface area contributed by atoms with Gasteiger partial charge in [-0.05, 0) is 54.0 Å². The number of halogens is 2. The first-order chi connectivity index (χ1) is 16.6. The number of ether oxygens (including phenoxy) is 1. The van der Waals surface area contributed by atoms with E-state index in [2.05, 4.69) is 15.0 Å². The Hall–Kier alpha value is -3.40. The average molecular weight is 503 g/mol. The fourth-order valence-corrected chi connectivity index (χ4v) is 3.97. The Bertz CT molecular complexity index is 1100. The van der Waals surface area contributed by atoms with E-state index in [1.807, 2.05) is 57.1 Å². The number of hydrogen-bond acceptors (Lipinski definition) is 6. The summed E-state index contributed by atoms with van der Waals surface area (Å²) in [5.74, 6) is -0.183. The number of anilines is 2. The van der Waals surface area contributed by atoms with Crippen LogP contribution >= 0.6 is 11.8 Å². The third-order valence-electron chi connectivity index (χ3n) is 4.90. The molecule has 1 N–H and O–H groups in total. The SMILES string of the molecule is CC(C)CNC(=O)CSC1=N/C(=C/c2ccc(N(C)C)cc2)C(=O)N1c1ccc(OC(F)F)cc1. The van der Waals surface area contributed by atoms with Gasteiger partial charge in [0.2, 0.25) is 5.91 Å². The fraction of sp³-hybridized carbons (Fsp3) is 0.320. The molecule has 10 heteroatoms. The molecule has 7 nitrogen and oxygen atoms in total. The Morgan fingerprint density at radius 2 is 1.80 bits per heavy atom. The second kappa shape index (κ2) is 11.8. The Morgan fingerprint density at radius 1 is 1.14 bits per heavy atom. The number of hydrogen-bond donors (Lipinski definition) is 1. The van der Waals surface area contributed by atoms with E-state index in [4.69, 9.17) is 0 Å². The summed E-state index contributed by atoms with van der Waals surface area (Å²) in [7, 11) is 3.88. The topological polar surface area (TPSA) is 74.2 Å². The molecule has 1 heterocycles. The van der Waals surface area contributed by atoms with Crippen LogP contribution < -0.4 is 19.9 Å². The first-order valence-corrected chi connectivity index (χ1v) is 12.0. The number of nitrogens with one attached hydrogen (secondary N) is 1. The number of thioether (sulfide) groups is 1. The van der Waals surface area contributed by atoms with Crippen LogP contribution in [-0.4, -0.2) is 50.0 Å². The number of carbonyl (C=O) groups is 2. The van der Waals surface area contributed by atoms with Crippen LogP contribution in [0.1, 0.15) is 19.4 Å². The number of rotatable bonds is 9. The second-order valence-electron chi connectivity index (χ2n) is 8.41. The summed E-state index contributed by atoms with van der Waals surface area (Å²) in [4.78, 5) is 33.4. The lowest BCUT2D eigenvalue weighted by molar-refractivity contribution is -0.118. The maximum atomic E-state index is 13.3. The first-order valence-electron chi connectivity index (χ1n) is 11.0. The predicted octanol–water partition coefficient (Wildman–Crippen LogP) is 4.60. The highest BCUT2D eigenvalue weighted by Gasteiger charge is 2.32. The maximum Gasteiger partial charge on any atom is 0.387 e. The van der Waals surface area contributed by atoms with Gasteiger partial charge in [0.05, 0.1) is 11.4 Å². The van der Waals surface area contributed by atoms with Crippen molar-refractivity contribution in [1.29, 1.82) is 0 Å². The van der Waals surface area contributed by atoms with E-state index in [1.54, 1.807) is 6.08 Å². The lowest BCUT2D eigenvalue weighted by Crippen LogP contribution is -2.33. The van der Waals surface area contributed by atoms with Gasteiger partial charge in [-0.3, -0.25) is 14.5 Å². The molecule has 0 spiro atoms. The quantitative estimate of drug-likeness (QED) is 0.507. The minimum absolute atomic E-state index is 0.0219. The van der Waals surface area contributed by atoms with Crippen molar-refractivity contribution >= 4 is 46.2 Å². The molecule has 1 aliphatic rings. The number of amides is 2. The summed E-state index contributed by atoms with van der Waals surface area (Å²) < 4.78 is 29.4. The van der Waals surface area contributed by atoms with Crippen molar-refractivity contribution in [3.63, 3.8) is 0 Å². The third-order valence-corrected chi connectivity index (χ3v) is 5.84. The van der Waals surface area contributed by atoms with Gasteiger partial charge < -0.3 is 15.0 Å². The highest BCUT2D eigenvalue weighted by Crippen LogP contribution is 2.31. The summed E-state index contributed by atoms with van der Waals surface area (Å²) >= 11 is 1.13. The van der Waals surface area contributed by atoms with Crippen molar-refractivity contribution < 1.29 is 23.1 Å². The molecule has 2 aromatic carbocycles. The smallest absolute Gasteiger partial charge is 0.387 e. The van der Waals surface area contributed by atoms with Crippen LogP contribution in [0.25, 0.3) is 6.08 Å². The highest BCUT2D eigenvalue weighted by molar-refractivity contribution is 8.14. The molecule has 0 saturated carbocycles. The molecule has 0 aliphatic carbocycles. The van der Waals surface area contributed by atoms with E-state index in [-0.39, 0.29) is 29.0 Å². The standard InChI is InChI=1S/C25H28F2N4O3S/c1-16(2)14-28-22(32)15-35-25-29-21(13-17-5-7-18(8-6-17)30(3)4)23(33)31(25)19-9-11-20(12-10-19)34-24(26)27/h5-13,16,24H,14-15H2,1-4H3,(H,28,32)/b21-13+. The molecule has 0 unspecified atom stereocenters. The zero-order valence-corrected chi connectivity index (χ0v) is 20.8. The summed E-state index contributed by atoms with van der Waals surface area (Å²) in [6.45, 7) is 1.60. The van der Waals surface area contributed by atoms with E-state index in [0.29, 0.717) is 23.3 Å².